The monoisotopic (exact) mass is 422 g/mol. The first kappa shape index (κ1) is 20.6. The summed E-state index contributed by atoms with van der Waals surface area (Å²) < 4.78 is 5.67. The number of primary amides is 1. The first-order chi connectivity index (χ1) is 13.4. The van der Waals surface area contributed by atoms with E-state index < -0.39 is 5.91 Å². The Morgan fingerprint density at radius 3 is 2.68 bits per heavy atom. The summed E-state index contributed by atoms with van der Waals surface area (Å²) in [6.07, 6.45) is 3.97. The molecule has 8 heteroatoms. The Hall–Kier alpha value is -2.09. The van der Waals surface area contributed by atoms with Crippen LogP contribution >= 0.6 is 22.9 Å². The summed E-state index contributed by atoms with van der Waals surface area (Å²) in [4.78, 5) is 26.5. The number of ether oxygens (including phenoxy) is 1. The quantitative estimate of drug-likeness (QED) is 0.607. The number of hydrogen-bond acceptors (Lipinski definition) is 4. The Balaban J connectivity index is 1.51. The molecule has 150 valence electrons. The normalized spacial score (nSPS) is 14.2. The van der Waals surface area contributed by atoms with Gasteiger partial charge in [0.1, 0.15) is 23.9 Å². The number of thiophene rings is 1. The Morgan fingerprint density at radius 1 is 1.25 bits per heavy atom. The van der Waals surface area contributed by atoms with Crippen LogP contribution in [0.3, 0.4) is 0 Å². The average molecular weight is 423 g/mol. The molecule has 0 spiro atoms. The molecule has 0 radical (unpaired) electrons. The smallest absolute Gasteiger partial charge is 0.280 e. The van der Waals surface area contributed by atoms with Crippen LogP contribution in [0.5, 0.6) is 5.75 Å². The number of anilines is 1. The van der Waals surface area contributed by atoms with Crippen LogP contribution in [0.15, 0.2) is 24.3 Å². The highest BCUT2D eigenvalue weighted by Gasteiger charge is 2.25. The van der Waals surface area contributed by atoms with Crippen molar-refractivity contribution < 1.29 is 19.2 Å². The van der Waals surface area contributed by atoms with E-state index >= 15 is 0 Å². The lowest BCUT2D eigenvalue weighted by atomic mass is 9.95. The predicted octanol–water partition coefficient (Wildman–Crippen LogP) is 1.91. The van der Waals surface area contributed by atoms with Gasteiger partial charge in [0, 0.05) is 9.90 Å². The highest BCUT2D eigenvalue weighted by molar-refractivity contribution is 7.17. The largest absolute Gasteiger partial charge is 0.488 e. The van der Waals surface area contributed by atoms with Gasteiger partial charge in [0.25, 0.3) is 11.8 Å². The molecule has 0 saturated carbocycles. The Labute approximate surface area is 173 Å². The number of nitrogens with two attached hydrogens (primary N) is 1. The molecule has 2 aromatic rings. The fourth-order valence-corrected chi connectivity index (χ4v) is 4.76. The third kappa shape index (κ3) is 5.25. The molecular formula is C20H25ClN3O3S+. The SMILES string of the molecule is C[NH+](CCOc1ccc(Cl)cc1)CC(=O)Nc1sc2c(c1C(N)=O)CCCC2. The zero-order valence-electron chi connectivity index (χ0n) is 15.8. The van der Waals surface area contributed by atoms with E-state index in [0.717, 1.165) is 41.9 Å². The number of fused-ring (bicyclic) bond motifs is 1. The molecule has 0 bridgehead atoms. The molecule has 0 saturated heterocycles. The summed E-state index contributed by atoms with van der Waals surface area (Å²) in [5.41, 5.74) is 7.10. The Bertz CT molecular complexity index is 851. The van der Waals surface area contributed by atoms with Gasteiger partial charge in [-0.2, -0.15) is 0 Å². The van der Waals surface area contributed by atoms with Crippen molar-refractivity contribution in [2.24, 2.45) is 5.73 Å². The lowest BCUT2D eigenvalue weighted by Crippen LogP contribution is -3.10. The number of carbonyl (C=O) groups is 2. The Morgan fingerprint density at radius 2 is 1.96 bits per heavy atom. The first-order valence-electron chi connectivity index (χ1n) is 9.38. The number of likely N-dealkylation sites (N-methyl/N-ethyl adjacent to an activating group) is 1. The van der Waals surface area contributed by atoms with E-state index in [4.69, 9.17) is 22.1 Å². The Kier molecular flexibility index (Phi) is 6.93. The molecular weight excluding hydrogens is 398 g/mol. The summed E-state index contributed by atoms with van der Waals surface area (Å²) >= 11 is 7.34. The predicted molar refractivity (Wildman–Crippen MR) is 112 cm³/mol. The maximum Gasteiger partial charge on any atom is 0.280 e. The van der Waals surface area contributed by atoms with Gasteiger partial charge in [-0.15, -0.1) is 11.3 Å². The van der Waals surface area contributed by atoms with Gasteiger partial charge in [0.2, 0.25) is 0 Å². The van der Waals surface area contributed by atoms with Gasteiger partial charge in [-0.25, -0.2) is 0 Å². The molecule has 4 N–H and O–H groups in total. The maximum atomic E-state index is 12.4. The highest BCUT2D eigenvalue weighted by atomic mass is 35.5. The van der Waals surface area contributed by atoms with Crippen molar-refractivity contribution in [3.8, 4) is 5.75 Å². The van der Waals surface area contributed by atoms with E-state index in [1.807, 2.05) is 19.2 Å². The van der Waals surface area contributed by atoms with E-state index in [-0.39, 0.29) is 12.5 Å². The van der Waals surface area contributed by atoms with Crippen LogP contribution in [-0.2, 0) is 17.6 Å². The molecule has 1 aliphatic rings. The molecule has 6 nitrogen and oxygen atoms in total. The van der Waals surface area contributed by atoms with Gasteiger partial charge in [-0.05, 0) is 55.5 Å². The molecule has 0 fully saturated rings. The minimum atomic E-state index is -0.466. The molecule has 28 heavy (non-hydrogen) atoms. The van der Waals surface area contributed by atoms with E-state index in [0.29, 0.717) is 28.7 Å². The van der Waals surface area contributed by atoms with Crippen LogP contribution in [0.4, 0.5) is 5.00 Å². The summed E-state index contributed by atoms with van der Waals surface area (Å²) in [7, 11) is 1.93. The lowest BCUT2D eigenvalue weighted by molar-refractivity contribution is -0.871. The maximum absolute atomic E-state index is 12.4. The standard InChI is InChI=1S/C20H24ClN3O3S/c1-24(10-11-27-14-8-6-13(21)7-9-14)12-17(25)23-20-18(19(22)26)15-4-2-3-5-16(15)28-20/h6-9H,2-5,10-12H2,1H3,(H2,22,26)(H,23,25)/p+1. The van der Waals surface area contributed by atoms with Crippen molar-refractivity contribution in [3.63, 3.8) is 0 Å². The number of carbonyl (C=O) groups excluding carboxylic acids is 2. The molecule has 1 unspecified atom stereocenters. The number of benzene rings is 1. The molecule has 3 rings (SSSR count). The van der Waals surface area contributed by atoms with Crippen LogP contribution in [-0.4, -0.2) is 38.6 Å². The number of halogens is 1. The summed E-state index contributed by atoms with van der Waals surface area (Å²) in [6, 6.07) is 7.18. The van der Waals surface area contributed by atoms with Crippen molar-refractivity contribution in [1.82, 2.24) is 0 Å². The average Bonchev–Trinajstić information content (AvgIpc) is 3.01. The zero-order chi connectivity index (χ0) is 20.1. The molecule has 1 heterocycles. The fourth-order valence-electron chi connectivity index (χ4n) is 3.32. The van der Waals surface area contributed by atoms with Gasteiger partial charge >= 0.3 is 0 Å². The van der Waals surface area contributed by atoms with Crippen molar-refractivity contribution in [3.05, 3.63) is 45.3 Å². The molecule has 1 aromatic heterocycles. The summed E-state index contributed by atoms with van der Waals surface area (Å²) in [5.74, 6) is 0.147. The number of quaternary nitrogens is 1. The van der Waals surface area contributed by atoms with Crippen LogP contribution < -0.4 is 20.7 Å². The molecule has 1 aromatic carbocycles. The van der Waals surface area contributed by atoms with Gasteiger partial charge in [0.05, 0.1) is 12.6 Å². The zero-order valence-corrected chi connectivity index (χ0v) is 17.4. The van der Waals surface area contributed by atoms with Gasteiger partial charge in [-0.3, -0.25) is 9.59 Å². The second-order valence-electron chi connectivity index (χ2n) is 7.01. The van der Waals surface area contributed by atoms with E-state index in [9.17, 15) is 9.59 Å². The third-order valence-electron chi connectivity index (χ3n) is 4.74. The second-order valence-corrected chi connectivity index (χ2v) is 8.56. The highest BCUT2D eigenvalue weighted by Crippen LogP contribution is 2.37. The van der Waals surface area contributed by atoms with Crippen LogP contribution in [0, 0.1) is 0 Å². The van der Waals surface area contributed by atoms with Crippen molar-refractivity contribution in [2.75, 3.05) is 32.1 Å². The lowest BCUT2D eigenvalue weighted by Gasteiger charge is -2.14. The number of nitrogens with one attached hydrogen (secondary N) is 2. The summed E-state index contributed by atoms with van der Waals surface area (Å²) in [6.45, 7) is 1.44. The number of aryl methyl sites for hydroxylation is 1. The molecule has 1 aliphatic carbocycles. The van der Waals surface area contributed by atoms with Crippen LogP contribution in [0.2, 0.25) is 5.02 Å². The number of hydrogen-bond donors (Lipinski definition) is 3. The first-order valence-corrected chi connectivity index (χ1v) is 10.6. The fraction of sp³-hybridized carbons (Fsp3) is 0.400. The van der Waals surface area contributed by atoms with E-state index in [1.54, 1.807) is 12.1 Å². The minimum Gasteiger partial charge on any atom is -0.488 e. The third-order valence-corrected chi connectivity index (χ3v) is 6.20. The summed E-state index contributed by atoms with van der Waals surface area (Å²) in [5, 5.41) is 4.15. The number of rotatable bonds is 8. The van der Waals surface area contributed by atoms with Gasteiger partial charge in [0.15, 0.2) is 6.54 Å². The second kappa shape index (κ2) is 9.41. The van der Waals surface area contributed by atoms with E-state index in [1.165, 1.54) is 16.2 Å². The van der Waals surface area contributed by atoms with Crippen molar-refractivity contribution in [1.29, 1.82) is 0 Å². The topological polar surface area (TPSA) is 85.9 Å². The van der Waals surface area contributed by atoms with Crippen molar-refractivity contribution in [2.45, 2.75) is 25.7 Å². The molecule has 2 amide bonds. The van der Waals surface area contributed by atoms with Crippen LogP contribution in [0.1, 0.15) is 33.6 Å². The van der Waals surface area contributed by atoms with Gasteiger partial charge < -0.3 is 20.7 Å². The molecule has 0 aliphatic heterocycles. The number of amides is 2. The van der Waals surface area contributed by atoms with E-state index in [2.05, 4.69) is 5.32 Å². The van der Waals surface area contributed by atoms with Crippen molar-refractivity contribution >= 4 is 39.8 Å². The van der Waals surface area contributed by atoms with Crippen LogP contribution in [0.25, 0.3) is 0 Å². The minimum absolute atomic E-state index is 0.134. The van der Waals surface area contributed by atoms with Gasteiger partial charge in [-0.1, -0.05) is 11.6 Å². The molecule has 1 atom stereocenters.